The summed E-state index contributed by atoms with van der Waals surface area (Å²) in [5, 5.41) is 0. The number of ether oxygens (including phenoxy) is 3. The average Bonchev–Trinajstić information content (AvgIpc) is 3.26. The summed E-state index contributed by atoms with van der Waals surface area (Å²) in [7, 11) is -0.765. The third-order valence-corrected chi connectivity index (χ3v) is 7.24. The Labute approximate surface area is 200 Å². The summed E-state index contributed by atoms with van der Waals surface area (Å²) >= 11 is 0. The van der Waals surface area contributed by atoms with Gasteiger partial charge in [0.2, 0.25) is 10.0 Å². The highest BCUT2D eigenvalue weighted by molar-refractivity contribution is 7.89. The van der Waals surface area contributed by atoms with E-state index in [0.717, 1.165) is 0 Å². The first kappa shape index (κ1) is 25.5. The Morgan fingerprint density at radius 1 is 1.03 bits per heavy atom. The minimum atomic E-state index is -3.82. The Balaban J connectivity index is 1.80. The lowest BCUT2D eigenvalue weighted by molar-refractivity contribution is -0.146. The standard InChI is InChI=1S/C25H29NO7S/c1-5-33-25(28)24(19-9-13-22(31-3)23(15-19)32-4)18-6-10-20(14-18)26-34(29,30)21-11-7-17(8-12-21)16(2)27/h6-13,15,18,20,24,26H,5,14H2,1-4H3/t18-,20-,24-/m0/s1. The molecule has 182 valence electrons. The number of carbonyl (C=O) groups is 2. The molecule has 0 saturated heterocycles. The third kappa shape index (κ3) is 5.66. The van der Waals surface area contributed by atoms with E-state index in [4.69, 9.17) is 14.2 Å². The topological polar surface area (TPSA) is 108 Å². The van der Waals surface area contributed by atoms with Crippen molar-refractivity contribution in [1.29, 1.82) is 0 Å². The van der Waals surface area contributed by atoms with Gasteiger partial charge >= 0.3 is 5.97 Å². The van der Waals surface area contributed by atoms with Crippen LogP contribution in [0.4, 0.5) is 0 Å². The second-order valence-electron chi connectivity index (χ2n) is 7.94. The van der Waals surface area contributed by atoms with Gasteiger partial charge < -0.3 is 14.2 Å². The molecule has 0 fully saturated rings. The molecule has 0 aliphatic heterocycles. The van der Waals surface area contributed by atoms with Gasteiger partial charge in [-0.1, -0.05) is 30.4 Å². The number of rotatable bonds is 10. The van der Waals surface area contributed by atoms with Crippen molar-refractivity contribution < 1.29 is 32.2 Å². The predicted octanol–water partition coefficient (Wildman–Crippen LogP) is 3.48. The molecular weight excluding hydrogens is 458 g/mol. The summed E-state index contributed by atoms with van der Waals surface area (Å²) in [6.45, 7) is 3.39. The van der Waals surface area contributed by atoms with Crippen LogP contribution in [-0.2, 0) is 19.6 Å². The lowest BCUT2D eigenvalue weighted by Gasteiger charge is -2.23. The van der Waals surface area contributed by atoms with Gasteiger partial charge in [-0.15, -0.1) is 0 Å². The zero-order valence-corrected chi connectivity index (χ0v) is 20.4. The molecule has 2 aromatic rings. The molecule has 1 aliphatic carbocycles. The van der Waals surface area contributed by atoms with Crippen molar-refractivity contribution in [2.75, 3.05) is 20.8 Å². The number of benzene rings is 2. The van der Waals surface area contributed by atoms with Crippen LogP contribution in [0, 0.1) is 5.92 Å². The SMILES string of the molecule is CCOC(=O)[C@H](c1ccc(OC)c(OC)c1)[C@H]1C=C[C@H](NS(=O)(=O)c2ccc(C(C)=O)cc2)C1. The number of sulfonamides is 1. The number of esters is 1. The van der Waals surface area contributed by atoms with E-state index in [0.29, 0.717) is 29.0 Å². The minimum absolute atomic E-state index is 0.0659. The maximum absolute atomic E-state index is 12.9. The maximum atomic E-state index is 12.9. The van der Waals surface area contributed by atoms with Crippen molar-refractivity contribution in [3.8, 4) is 11.5 Å². The molecule has 0 unspecified atom stereocenters. The monoisotopic (exact) mass is 487 g/mol. The van der Waals surface area contributed by atoms with Crippen molar-refractivity contribution >= 4 is 21.8 Å². The van der Waals surface area contributed by atoms with Gasteiger partial charge in [-0.3, -0.25) is 9.59 Å². The summed E-state index contributed by atoms with van der Waals surface area (Å²) in [6, 6.07) is 10.5. The van der Waals surface area contributed by atoms with Gasteiger partial charge in [-0.2, -0.15) is 0 Å². The second kappa shape index (κ2) is 10.8. The molecule has 3 atom stereocenters. The fourth-order valence-electron chi connectivity index (χ4n) is 4.03. The summed E-state index contributed by atoms with van der Waals surface area (Å²) < 4.78 is 44.4. The average molecular weight is 488 g/mol. The Hall–Kier alpha value is -3.17. The highest BCUT2D eigenvalue weighted by atomic mass is 32.2. The van der Waals surface area contributed by atoms with E-state index < -0.39 is 28.0 Å². The minimum Gasteiger partial charge on any atom is -0.493 e. The van der Waals surface area contributed by atoms with Gasteiger partial charge in [0.1, 0.15) is 0 Å². The first-order chi connectivity index (χ1) is 16.2. The molecule has 3 rings (SSSR count). The Morgan fingerprint density at radius 2 is 1.71 bits per heavy atom. The molecule has 0 amide bonds. The number of carbonyl (C=O) groups excluding carboxylic acids is 2. The van der Waals surface area contributed by atoms with Gasteiger partial charge in [0.05, 0.1) is 31.6 Å². The smallest absolute Gasteiger partial charge is 0.314 e. The molecule has 0 spiro atoms. The van der Waals surface area contributed by atoms with Crippen LogP contribution in [-0.4, -0.2) is 47.0 Å². The van der Waals surface area contributed by atoms with Crippen molar-refractivity contribution in [3.05, 3.63) is 65.7 Å². The summed E-state index contributed by atoms with van der Waals surface area (Å²) in [6.07, 6.45) is 3.96. The molecule has 34 heavy (non-hydrogen) atoms. The van der Waals surface area contributed by atoms with E-state index in [1.54, 1.807) is 31.2 Å². The second-order valence-corrected chi connectivity index (χ2v) is 9.65. The van der Waals surface area contributed by atoms with Crippen molar-refractivity contribution in [2.24, 2.45) is 5.92 Å². The first-order valence-corrected chi connectivity index (χ1v) is 12.4. The number of allylic oxidation sites excluding steroid dienone is 1. The van der Waals surface area contributed by atoms with Gasteiger partial charge in [0.15, 0.2) is 17.3 Å². The molecule has 0 bridgehead atoms. The third-order valence-electron chi connectivity index (χ3n) is 5.73. The number of hydrogen-bond acceptors (Lipinski definition) is 7. The molecule has 8 nitrogen and oxygen atoms in total. The van der Waals surface area contributed by atoms with Crippen LogP contribution in [0.25, 0.3) is 0 Å². The molecule has 1 aliphatic rings. The van der Waals surface area contributed by atoms with Crippen LogP contribution in [0.3, 0.4) is 0 Å². The van der Waals surface area contributed by atoms with Crippen molar-refractivity contribution in [1.82, 2.24) is 4.72 Å². The maximum Gasteiger partial charge on any atom is 0.314 e. The number of ketones is 1. The number of nitrogens with one attached hydrogen (secondary N) is 1. The highest BCUT2D eigenvalue weighted by Gasteiger charge is 2.35. The van der Waals surface area contributed by atoms with Crippen LogP contribution in [0.15, 0.2) is 59.5 Å². The lowest BCUT2D eigenvalue weighted by Crippen LogP contribution is -2.34. The van der Waals surface area contributed by atoms with Crippen LogP contribution >= 0.6 is 0 Å². The molecule has 2 aromatic carbocycles. The largest absolute Gasteiger partial charge is 0.493 e. The number of methoxy groups -OCH3 is 2. The van der Waals surface area contributed by atoms with E-state index in [2.05, 4.69) is 4.72 Å². The molecule has 0 radical (unpaired) electrons. The summed E-state index contributed by atoms with van der Waals surface area (Å²) in [4.78, 5) is 24.4. The molecule has 0 heterocycles. The van der Waals surface area contributed by atoms with Gasteiger partial charge in [0, 0.05) is 11.6 Å². The van der Waals surface area contributed by atoms with E-state index in [1.165, 1.54) is 45.4 Å². The Bertz CT molecular complexity index is 1170. The van der Waals surface area contributed by atoms with Crippen LogP contribution in [0.5, 0.6) is 11.5 Å². The lowest BCUT2D eigenvalue weighted by atomic mass is 9.85. The summed E-state index contributed by atoms with van der Waals surface area (Å²) in [5.74, 6) is -0.434. The quantitative estimate of drug-likeness (QED) is 0.311. The van der Waals surface area contributed by atoms with Gasteiger partial charge in [-0.05, 0) is 56.0 Å². The van der Waals surface area contributed by atoms with E-state index in [1.807, 2.05) is 6.08 Å². The van der Waals surface area contributed by atoms with Crippen molar-refractivity contribution in [3.63, 3.8) is 0 Å². The fourth-order valence-corrected chi connectivity index (χ4v) is 5.24. The molecule has 9 heteroatoms. The van der Waals surface area contributed by atoms with E-state index >= 15 is 0 Å². The fraction of sp³-hybridized carbons (Fsp3) is 0.360. The van der Waals surface area contributed by atoms with Crippen molar-refractivity contribution in [2.45, 2.75) is 37.1 Å². The Morgan fingerprint density at radius 3 is 2.29 bits per heavy atom. The van der Waals surface area contributed by atoms with Crippen LogP contribution in [0.2, 0.25) is 0 Å². The molecule has 1 N–H and O–H groups in total. The van der Waals surface area contributed by atoms with Gasteiger partial charge in [0.25, 0.3) is 0 Å². The van der Waals surface area contributed by atoms with Crippen LogP contribution in [0.1, 0.15) is 42.1 Å². The highest BCUT2D eigenvalue weighted by Crippen LogP contribution is 2.38. The van der Waals surface area contributed by atoms with Crippen LogP contribution < -0.4 is 14.2 Å². The number of hydrogen-bond donors (Lipinski definition) is 1. The normalized spacial score (nSPS) is 18.4. The number of Topliss-reactive ketones (excluding diaryl/α,β-unsaturated/α-hetero) is 1. The molecule has 0 aromatic heterocycles. The molecular formula is C25H29NO7S. The van der Waals surface area contributed by atoms with Gasteiger partial charge in [-0.25, -0.2) is 13.1 Å². The predicted molar refractivity (Wildman–Crippen MR) is 127 cm³/mol. The van der Waals surface area contributed by atoms with E-state index in [9.17, 15) is 18.0 Å². The first-order valence-electron chi connectivity index (χ1n) is 10.9. The Kier molecular flexibility index (Phi) is 8.11. The van der Waals surface area contributed by atoms with E-state index in [-0.39, 0.29) is 23.2 Å². The molecule has 0 saturated carbocycles. The zero-order valence-electron chi connectivity index (χ0n) is 19.6. The zero-order chi connectivity index (χ0) is 24.9. The summed E-state index contributed by atoms with van der Waals surface area (Å²) in [5.41, 5.74) is 1.13.